The van der Waals surface area contributed by atoms with Crippen molar-refractivity contribution in [3.05, 3.63) is 71.3 Å². The fraction of sp³-hybridized carbons (Fsp3) is 0.333. The van der Waals surface area contributed by atoms with Crippen LogP contribution in [0, 0.1) is 0 Å². The van der Waals surface area contributed by atoms with E-state index in [1.165, 1.54) is 0 Å². The third-order valence-corrected chi connectivity index (χ3v) is 4.90. The molecule has 5 nitrogen and oxygen atoms in total. The van der Waals surface area contributed by atoms with Crippen LogP contribution < -0.4 is 0 Å². The van der Waals surface area contributed by atoms with Gasteiger partial charge in [-0.25, -0.2) is 5.01 Å². The Balaban J connectivity index is 1.63. The van der Waals surface area contributed by atoms with Gasteiger partial charge in [-0.3, -0.25) is 9.69 Å². The molecular weight excluding hydrogens is 326 g/mol. The molecule has 0 N–H and O–H groups in total. The minimum absolute atomic E-state index is 0.0524. The summed E-state index contributed by atoms with van der Waals surface area (Å²) < 4.78 is 5.40. The van der Waals surface area contributed by atoms with E-state index in [0.29, 0.717) is 13.0 Å². The number of hydrazone groups is 1. The van der Waals surface area contributed by atoms with Crippen LogP contribution in [0.25, 0.3) is 0 Å². The number of rotatable bonds is 4. The topological polar surface area (TPSA) is 45.1 Å². The molecule has 5 heteroatoms. The van der Waals surface area contributed by atoms with E-state index in [9.17, 15) is 4.79 Å². The van der Waals surface area contributed by atoms with Crippen LogP contribution in [0.2, 0.25) is 0 Å². The van der Waals surface area contributed by atoms with Crippen LogP contribution in [0.5, 0.6) is 0 Å². The first-order chi connectivity index (χ1) is 12.8. The number of fused-ring (bicyclic) bond motifs is 1. The molecule has 0 bridgehead atoms. The highest BCUT2D eigenvalue weighted by molar-refractivity contribution is 6.15. The minimum Gasteiger partial charge on any atom is -0.379 e. The Bertz CT molecular complexity index is 798. The van der Waals surface area contributed by atoms with Crippen molar-refractivity contribution < 1.29 is 9.53 Å². The zero-order valence-corrected chi connectivity index (χ0v) is 14.8. The third-order valence-electron chi connectivity index (χ3n) is 4.90. The molecule has 0 aromatic heterocycles. The molecule has 2 aliphatic heterocycles. The molecule has 2 aliphatic rings. The molecular formula is C21H23N3O2. The van der Waals surface area contributed by atoms with Gasteiger partial charge in [-0.05, 0) is 5.56 Å². The van der Waals surface area contributed by atoms with E-state index in [0.717, 1.165) is 55.3 Å². The Kier molecular flexibility index (Phi) is 5.09. The van der Waals surface area contributed by atoms with Crippen molar-refractivity contribution in [1.29, 1.82) is 0 Å². The Labute approximate surface area is 153 Å². The molecule has 0 atom stereocenters. The molecule has 2 aromatic rings. The van der Waals surface area contributed by atoms with Crippen molar-refractivity contribution in [2.75, 3.05) is 39.4 Å². The Morgan fingerprint density at radius 1 is 0.923 bits per heavy atom. The van der Waals surface area contributed by atoms with Crippen LogP contribution >= 0.6 is 0 Å². The van der Waals surface area contributed by atoms with Crippen LogP contribution in [0.15, 0.2) is 59.7 Å². The smallest absolute Gasteiger partial charge is 0.247 e. The van der Waals surface area contributed by atoms with Crippen molar-refractivity contribution in [3.63, 3.8) is 0 Å². The number of benzene rings is 2. The van der Waals surface area contributed by atoms with Crippen molar-refractivity contribution in [3.8, 4) is 0 Å². The van der Waals surface area contributed by atoms with Gasteiger partial charge in [0.2, 0.25) is 5.91 Å². The molecule has 0 saturated carbocycles. The summed E-state index contributed by atoms with van der Waals surface area (Å²) in [6.07, 6.45) is 0.388. The second-order valence-electron chi connectivity index (χ2n) is 6.62. The predicted octanol–water partition coefficient (Wildman–Crippen LogP) is 2.16. The molecule has 26 heavy (non-hydrogen) atoms. The first-order valence-electron chi connectivity index (χ1n) is 9.14. The summed E-state index contributed by atoms with van der Waals surface area (Å²) in [5.74, 6) is 0.0524. The normalized spacial score (nSPS) is 18.2. The lowest BCUT2D eigenvalue weighted by atomic mass is 9.96. The fourth-order valence-electron chi connectivity index (χ4n) is 3.43. The molecule has 0 unspecified atom stereocenters. The highest BCUT2D eigenvalue weighted by Gasteiger charge is 2.24. The number of carbonyl (C=O) groups is 1. The van der Waals surface area contributed by atoms with E-state index >= 15 is 0 Å². The van der Waals surface area contributed by atoms with Gasteiger partial charge in [0.05, 0.1) is 31.9 Å². The lowest BCUT2D eigenvalue weighted by Crippen LogP contribution is -2.41. The monoisotopic (exact) mass is 349 g/mol. The molecule has 1 saturated heterocycles. The molecule has 1 amide bonds. The van der Waals surface area contributed by atoms with Crippen LogP contribution in [-0.4, -0.2) is 60.9 Å². The largest absolute Gasteiger partial charge is 0.379 e. The Morgan fingerprint density at radius 2 is 1.65 bits per heavy atom. The highest BCUT2D eigenvalue weighted by atomic mass is 16.5. The molecule has 0 radical (unpaired) electrons. The standard InChI is InChI=1S/C21H23N3O2/c25-20-16-18-8-4-5-9-19(18)21(17-6-2-1-3-7-17)22-24(20)11-10-23-12-14-26-15-13-23/h1-9H,10-16H2. The summed E-state index contributed by atoms with van der Waals surface area (Å²) in [5, 5.41) is 6.45. The van der Waals surface area contributed by atoms with E-state index in [2.05, 4.69) is 11.0 Å². The molecule has 1 fully saturated rings. The SMILES string of the molecule is O=C1Cc2ccccc2C(c2ccccc2)=NN1CCN1CCOCC1. The van der Waals surface area contributed by atoms with Gasteiger partial charge in [0, 0.05) is 30.8 Å². The predicted molar refractivity (Wildman–Crippen MR) is 101 cm³/mol. The summed E-state index contributed by atoms with van der Waals surface area (Å²) in [7, 11) is 0. The van der Waals surface area contributed by atoms with Gasteiger partial charge in [-0.1, -0.05) is 54.6 Å². The zero-order valence-electron chi connectivity index (χ0n) is 14.8. The minimum atomic E-state index is 0.0524. The van der Waals surface area contributed by atoms with Gasteiger partial charge in [-0.15, -0.1) is 0 Å². The Morgan fingerprint density at radius 3 is 2.46 bits per heavy atom. The molecule has 2 aromatic carbocycles. The maximum absolute atomic E-state index is 12.8. The Hall–Kier alpha value is -2.50. The average Bonchev–Trinajstić information content (AvgIpc) is 2.84. The first-order valence-corrected chi connectivity index (χ1v) is 9.14. The first kappa shape index (κ1) is 16.9. The van der Waals surface area contributed by atoms with E-state index in [1.54, 1.807) is 5.01 Å². The molecule has 134 valence electrons. The van der Waals surface area contributed by atoms with Crippen LogP contribution in [0.3, 0.4) is 0 Å². The van der Waals surface area contributed by atoms with Crippen molar-refractivity contribution in [2.45, 2.75) is 6.42 Å². The van der Waals surface area contributed by atoms with Gasteiger partial charge in [0.1, 0.15) is 0 Å². The van der Waals surface area contributed by atoms with Gasteiger partial charge in [-0.2, -0.15) is 5.10 Å². The maximum Gasteiger partial charge on any atom is 0.247 e. The van der Waals surface area contributed by atoms with E-state index in [4.69, 9.17) is 9.84 Å². The second kappa shape index (κ2) is 7.81. The average molecular weight is 349 g/mol. The number of hydrogen-bond donors (Lipinski definition) is 0. The van der Waals surface area contributed by atoms with Crippen molar-refractivity contribution in [2.24, 2.45) is 5.10 Å². The quantitative estimate of drug-likeness (QED) is 0.850. The van der Waals surface area contributed by atoms with Gasteiger partial charge < -0.3 is 4.74 Å². The zero-order chi connectivity index (χ0) is 17.8. The summed E-state index contributed by atoms with van der Waals surface area (Å²) in [6.45, 7) is 4.77. The van der Waals surface area contributed by atoms with Gasteiger partial charge >= 0.3 is 0 Å². The van der Waals surface area contributed by atoms with Gasteiger partial charge in [0.15, 0.2) is 0 Å². The third kappa shape index (κ3) is 3.69. The second-order valence-corrected chi connectivity index (χ2v) is 6.62. The van der Waals surface area contributed by atoms with E-state index in [-0.39, 0.29) is 5.91 Å². The van der Waals surface area contributed by atoms with E-state index < -0.39 is 0 Å². The van der Waals surface area contributed by atoms with Crippen LogP contribution in [0.4, 0.5) is 0 Å². The number of carbonyl (C=O) groups excluding carboxylic acids is 1. The van der Waals surface area contributed by atoms with Crippen molar-refractivity contribution >= 4 is 11.6 Å². The van der Waals surface area contributed by atoms with Gasteiger partial charge in [0.25, 0.3) is 0 Å². The molecule has 0 spiro atoms. The van der Waals surface area contributed by atoms with Crippen LogP contribution in [0.1, 0.15) is 16.7 Å². The van der Waals surface area contributed by atoms with E-state index in [1.807, 2.05) is 48.5 Å². The lowest BCUT2D eigenvalue weighted by Gasteiger charge is -2.28. The highest BCUT2D eigenvalue weighted by Crippen LogP contribution is 2.21. The lowest BCUT2D eigenvalue weighted by molar-refractivity contribution is -0.130. The molecule has 4 rings (SSSR count). The van der Waals surface area contributed by atoms with Crippen LogP contribution in [-0.2, 0) is 16.0 Å². The molecule has 2 heterocycles. The van der Waals surface area contributed by atoms with Crippen molar-refractivity contribution in [1.82, 2.24) is 9.91 Å². The number of amides is 1. The fourth-order valence-corrected chi connectivity index (χ4v) is 3.43. The summed E-state index contributed by atoms with van der Waals surface area (Å²) in [6, 6.07) is 18.2. The number of ether oxygens (including phenoxy) is 1. The number of hydrogen-bond acceptors (Lipinski definition) is 4. The number of morpholine rings is 1. The molecule has 0 aliphatic carbocycles. The summed E-state index contributed by atoms with van der Waals surface area (Å²) in [4.78, 5) is 15.1. The number of nitrogens with zero attached hydrogens (tertiary/aromatic N) is 3. The summed E-state index contributed by atoms with van der Waals surface area (Å²) in [5.41, 5.74) is 3.98. The maximum atomic E-state index is 12.8. The summed E-state index contributed by atoms with van der Waals surface area (Å²) >= 11 is 0.